The van der Waals surface area contributed by atoms with Crippen molar-refractivity contribution in [2.24, 2.45) is 22.6 Å². The molecular formula is C14H25N3O. The standard InChI is InChI=1S/C14H25N3O/c1-4-8-17-13(18)16-12(15)14(17)7-5-6-11(9-14)10(2)3/h10-11H,4-9H2,1-3H3,(H2,15,16,18). The van der Waals surface area contributed by atoms with Gasteiger partial charge in [-0.05, 0) is 31.1 Å². The van der Waals surface area contributed by atoms with Crippen molar-refractivity contribution in [3.63, 3.8) is 0 Å². The molecule has 2 unspecified atom stereocenters. The van der Waals surface area contributed by atoms with Crippen LogP contribution in [-0.4, -0.2) is 28.9 Å². The number of hydrogen-bond donors (Lipinski definition) is 1. The van der Waals surface area contributed by atoms with Gasteiger partial charge in [-0.25, -0.2) is 4.79 Å². The molecule has 1 aliphatic heterocycles. The Morgan fingerprint density at radius 1 is 1.56 bits per heavy atom. The van der Waals surface area contributed by atoms with Gasteiger partial charge in [0.15, 0.2) is 0 Å². The molecule has 1 fully saturated rings. The molecule has 1 heterocycles. The van der Waals surface area contributed by atoms with Crippen LogP contribution in [0.2, 0.25) is 0 Å². The molecule has 0 radical (unpaired) electrons. The maximum absolute atomic E-state index is 12.0. The first-order valence-electron chi connectivity index (χ1n) is 7.17. The molecule has 4 heteroatoms. The maximum Gasteiger partial charge on any atom is 0.346 e. The van der Waals surface area contributed by atoms with Gasteiger partial charge in [0.2, 0.25) is 0 Å². The molecule has 4 nitrogen and oxygen atoms in total. The van der Waals surface area contributed by atoms with E-state index in [4.69, 9.17) is 5.73 Å². The second-order valence-electron chi connectivity index (χ2n) is 6.06. The molecule has 1 aliphatic carbocycles. The fourth-order valence-corrected chi connectivity index (χ4v) is 3.46. The molecule has 0 aromatic heterocycles. The largest absolute Gasteiger partial charge is 0.385 e. The first kappa shape index (κ1) is 13.4. The van der Waals surface area contributed by atoms with Crippen LogP contribution in [0.5, 0.6) is 0 Å². The summed E-state index contributed by atoms with van der Waals surface area (Å²) in [6.45, 7) is 7.39. The van der Waals surface area contributed by atoms with Crippen LogP contribution in [0.4, 0.5) is 4.79 Å². The molecule has 1 saturated carbocycles. The summed E-state index contributed by atoms with van der Waals surface area (Å²) in [5.41, 5.74) is 5.84. The van der Waals surface area contributed by atoms with E-state index >= 15 is 0 Å². The topological polar surface area (TPSA) is 58.7 Å². The fraction of sp³-hybridized carbons (Fsp3) is 0.857. The van der Waals surface area contributed by atoms with Crippen molar-refractivity contribution in [2.45, 2.75) is 58.4 Å². The maximum atomic E-state index is 12.0. The number of urea groups is 1. The third-order valence-corrected chi connectivity index (χ3v) is 4.60. The normalized spacial score (nSPS) is 32.4. The summed E-state index contributed by atoms with van der Waals surface area (Å²) in [4.78, 5) is 18.0. The summed E-state index contributed by atoms with van der Waals surface area (Å²) in [5, 5.41) is 0. The zero-order valence-electron chi connectivity index (χ0n) is 11.8. The van der Waals surface area contributed by atoms with Crippen LogP contribution in [-0.2, 0) is 0 Å². The molecule has 102 valence electrons. The van der Waals surface area contributed by atoms with E-state index in [1.807, 2.05) is 4.90 Å². The van der Waals surface area contributed by atoms with Gasteiger partial charge < -0.3 is 10.6 Å². The fourth-order valence-electron chi connectivity index (χ4n) is 3.46. The molecule has 2 rings (SSSR count). The molecule has 0 bridgehead atoms. The first-order valence-corrected chi connectivity index (χ1v) is 7.17. The van der Waals surface area contributed by atoms with Gasteiger partial charge in [0, 0.05) is 6.54 Å². The van der Waals surface area contributed by atoms with Crippen molar-refractivity contribution in [2.75, 3.05) is 6.54 Å². The molecule has 2 amide bonds. The number of amidine groups is 1. The summed E-state index contributed by atoms with van der Waals surface area (Å²) < 4.78 is 0. The lowest BCUT2D eigenvalue weighted by atomic mass is 9.70. The highest BCUT2D eigenvalue weighted by Gasteiger charge is 2.50. The molecule has 0 aromatic carbocycles. The second kappa shape index (κ2) is 4.90. The minimum Gasteiger partial charge on any atom is -0.385 e. The molecule has 0 aromatic rings. The summed E-state index contributed by atoms with van der Waals surface area (Å²) >= 11 is 0. The Balaban J connectivity index is 2.26. The van der Waals surface area contributed by atoms with E-state index in [9.17, 15) is 4.79 Å². The summed E-state index contributed by atoms with van der Waals surface area (Å²) in [6.07, 6.45) is 5.33. The minimum absolute atomic E-state index is 0.126. The highest BCUT2D eigenvalue weighted by atomic mass is 16.2. The van der Waals surface area contributed by atoms with E-state index in [0.29, 0.717) is 17.7 Å². The second-order valence-corrected chi connectivity index (χ2v) is 6.06. The van der Waals surface area contributed by atoms with Gasteiger partial charge in [0.25, 0.3) is 0 Å². The zero-order valence-corrected chi connectivity index (χ0v) is 11.8. The van der Waals surface area contributed by atoms with Crippen LogP contribution in [0.3, 0.4) is 0 Å². The van der Waals surface area contributed by atoms with Crippen LogP contribution >= 0.6 is 0 Å². The Kier molecular flexibility index (Phi) is 3.64. The summed E-state index contributed by atoms with van der Waals surface area (Å²) in [6, 6.07) is -0.126. The SMILES string of the molecule is CCCN1C(=O)N=C(N)C12CCCC(C(C)C)C2. The number of amides is 2. The van der Waals surface area contributed by atoms with Crippen molar-refractivity contribution in [3.05, 3.63) is 0 Å². The van der Waals surface area contributed by atoms with Gasteiger partial charge in [-0.1, -0.05) is 33.6 Å². The monoisotopic (exact) mass is 251 g/mol. The number of rotatable bonds is 3. The molecule has 2 atom stereocenters. The van der Waals surface area contributed by atoms with Crippen LogP contribution in [0.15, 0.2) is 4.99 Å². The van der Waals surface area contributed by atoms with E-state index in [1.165, 1.54) is 6.42 Å². The van der Waals surface area contributed by atoms with Crippen molar-refractivity contribution >= 4 is 11.9 Å². The smallest absolute Gasteiger partial charge is 0.346 e. The van der Waals surface area contributed by atoms with E-state index < -0.39 is 0 Å². The third kappa shape index (κ3) is 2.02. The van der Waals surface area contributed by atoms with E-state index in [2.05, 4.69) is 25.8 Å². The Bertz CT molecular complexity index is 364. The lowest BCUT2D eigenvalue weighted by Gasteiger charge is -2.44. The number of hydrogen-bond acceptors (Lipinski definition) is 2. The van der Waals surface area contributed by atoms with Gasteiger partial charge in [-0.3, -0.25) is 0 Å². The predicted octanol–water partition coefficient (Wildman–Crippen LogP) is 2.77. The van der Waals surface area contributed by atoms with Crippen LogP contribution in [0.1, 0.15) is 52.9 Å². The molecule has 0 saturated heterocycles. The van der Waals surface area contributed by atoms with Gasteiger partial charge in [-0.2, -0.15) is 4.99 Å². The molecular weight excluding hydrogens is 226 g/mol. The first-order chi connectivity index (χ1) is 8.51. The van der Waals surface area contributed by atoms with E-state index in [0.717, 1.165) is 32.2 Å². The average molecular weight is 251 g/mol. The minimum atomic E-state index is -0.264. The molecule has 2 N–H and O–H groups in total. The highest BCUT2D eigenvalue weighted by molar-refractivity contribution is 6.05. The quantitative estimate of drug-likeness (QED) is 0.838. The summed E-state index contributed by atoms with van der Waals surface area (Å²) in [5.74, 6) is 1.86. The van der Waals surface area contributed by atoms with Gasteiger partial charge in [0.05, 0.1) is 0 Å². The lowest BCUT2D eigenvalue weighted by Crippen LogP contribution is -2.57. The van der Waals surface area contributed by atoms with Gasteiger partial charge in [0.1, 0.15) is 11.4 Å². The number of nitrogens with two attached hydrogens (primary N) is 1. The Morgan fingerprint density at radius 2 is 2.28 bits per heavy atom. The van der Waals surface area contributed by atoms with Crippen molar-refractivity contribution in [1.82, 2.24) is 4.90 Å². The molecule has 18 heavy (non-hydrogen) atoms. The van der Waals surface area contributed by atoms with Crippen LogP contribution in [0, 0.1) is 11.8 Å². The number of carbonyl (C=O) groups is 1. The highest BCUT2D eigenvalue weighted by Crippen LogP contribution is 2.42. The Morgan fingerprint density at radius 3 is 2.89 bits per heavy atom. The van der Waals surface area contributed by atoms with Crippen molar-refractivity contribution < 1.29 is 4.79 Å². The van der Waals surface area contributed by atoms with Crippen molar-refractivity contribution in [3.8, 4) is 0 Å². The van der Waals surface area contributed by atoms with E-state index in [-0.39, 0.29) is 11.6 Å². The summed E-state index contributed by atoms with van der Waals surface area (Å²) in [7, 11) is 0. The zero-order chi connectivity index (χ0) is 13.3. The van der Waals surface area contributed by atoms with E-state index in [1.54, 1.807) is 0 Å². The Hall–Kier alpha value is -1.06. The lowest BCUT2D eigenvalue weighted by molar-refractivity contribution is 0.105. The third-order valence-electron chi connectivity index (χ3n) is 4.60. The molecule has 1 spiro atoms. The number of nitrogens with zero attached hydrogens (tertiary/aromatic N) is 2. The number of carbonyl (C=O) groups excluding carboxylic acids is 1. The van der Waals surface area contributed by atoms with Crippen LogP contribution in [0.25, 0.3) is 0 Å². The number of aliphatic imine (C=N–C) groups is 1. The van der Waals surface area contributed by atoms with Gasteiger partial charge in [-0.15, -0.1) is 0 Å². The van der Waals surface area contributed by atoms with Crippen molar-refractivity contribution in [1.29, 1.82) is 0 Å². The predicted molar refractivity (Wildman–Crippen MR) is 73.5 cm³/mol. The average Bonchev–Trinajstić information content (AvgIpc) is 2.54. The van der Waals surface area contributed by atoms with Gasteiger partial charge >= 0.3 is 6.03 Å². The molecule has 2 aliphatic rings. The Labute approximate surface area is 110 Å². The van der Waals surface area contributed by atoms with Crippen LogP contribution < -0.4 is 5.73 Å².